The molecule has 0 saturated carbocycles. The van der Waals surface area contributed by atoms with Crippen molar-refractivity contribution in [2.45, 2.75) is 19.3 Å². The van der Waals surface area contributed by atoms with Crippen LogP contribution < -0.4 is 0 Å². The molecule has 0 aliphatic carbocycles. The Balaban J connectivity index is 0.000000640. The molecule has 9 heavy (non-hydrogen) atoms. The Morgan fingerprint density at radius 2 is 1.78 bits per heavy atom. The topological polar surface area (TPSA) is 3.24 Å². The first-order chi connectivity index (χ1) is 3.93. The summed E-state index contributed by atoms with van der Waals surface area (Å²) in [6.45, 7) is 7.65. The van der Waals surface area contributed by atoms with Crippen molar-refractivity contribution < 1.29 is 0 Å². The third-order valence-electron chi connectivity index (χ3n) is 1.67. The van der Waals surface area contributed by atoms with Gasteiger partial charge in [0.25, 0.3) is 0 Å². The van der Waals surface area contributed by atoms with E-state index in [1.54, 1.807) is 0 Å². The second-order valence-electron chi connectivity index (χ2n) is 2.40. The maximum absolute atomic E-state index is 3.81. The first kappa shape index (κ1) is 9.56. The van der Waals surface area contributed by atoms with Gasteiger partial charge in [0.2, 0.25) is 0 Å². The van der Waals surface area contributed by atoms with Crippen LogP contribution in [0.5, 0.6) is 0 Å². The maximum atomic E-state index is 3.81. The predicted molar refractivity (Wildman–Crippen MR) is 42.8 cm³/mol. The van der Waals surface area contributed by atoms with Crippen LogP contribution in [-0.4, -0.2) is 43.4 Å². The first-order valence-electron chi connectivity index (χ1n) is 3.45. The zero-order valence-corrected chi connectivity index (χ0v) is 5.40. The van der Waals surface area contributed by atoms with E-state index in [0.29, 0.717) is 0 Å². The zero-order chi connectivity index (χ0) is 5.82. The average molecular weight is 120 g/mol. The Morgan fingerprint density at radius 1 is 1.22 bits per heavy atom. The van der Waals surface area contributed by atoms with Crippen molar-refractivity contribution >= 4 is 18.9 Å². The third kappa shape index (κ3) is 3.30. The summed E-state index contributed by atoms with van der Waals surface area (Å²) < 4.78 is 0. The van der Waals surface area contributed by atoms with Crippen molar-refractivity contribution in [3.8, 4) is 0 Å². The number of hydrogen-bond acceptors (Lipinski definition) is 1. The Bertz CT molecular complexity index is 59.9. The van der Waals surface area contributed by atoms with Gasteiger partial charge in [0.05, 0.1) is 0 Å². The fraction of sp³-hybridized carbons (Fsp3) is 0.857. The molecule has 1 heterocycles. The van der Waals surface area contributed by atoms with E-state index in [1.165, 1.54) is 32.5 Å². The minimum atomic E-state index is 0. The molecule has 1 aliphatic rings. The number of rotatable bonds is 2. The summed E-state index contributed by atoms with van der Waals surface area (Å²) in [4.78, 5) is 2.48. The monoisotopic (exact) mass is 120 g/mol. The Hall–Kier alpha value is 0.557. The van der Waals surface area contributed by atoms with Crippen molar-refractivity contribution in [2.75, 3.05) is 19.6 Å². The summed E-state index contributed by atoms with van der Waals surface area (Å²) in [5.74, 6) is 0. The molecule has 1 saturated heterocycles. The molecule has 1 fully saturated rings. The van der Waals surface area contributed by atoms with Gasteiger partial charge in [0, 0.05) is 0 Å². The van der Waals surface area contributed by atoms with Crippen LogP contribution in [-0.2, 0) is 0 Å². The molecule has 0 aromatic rings. The van der Waals surface area contributed by atoms with Gasteiger partial charge in [0.1, 0.15) is 0 Å². The summed E-state index contributed by atoms with van der Waals surface area (Å²) in [5, 5.41) is 0. The van der Waals surface area contributed by atoms with E-state index in [2.05, 4.69) is 11.8 Å². The van der Waals surface area contributed by atoms with Gasteiger partial charge in [-0.25, -0.2) is 0 Å². The Labute approximate surface area is 70.0 Å². The van der Waals surface area contributed by atoms with Gasteiger partial charge in [-0.1, -0.05) is 6.92 Å². The molecule has 0 aromatic carbocycles. The standard InChI is InChI=1S/C7H14N.Li.H/c1-2-5-8-6-3-4-7-8;;/h1-7H2;;. The second kappa shape index (κ2) is 5.35. The van der Waals surface area contributed by atoms with E-state index in [9.17, 15) is 0 Å². The van der Waals surface area contributed by atoms with Crippen LogP contribution in [0.4, 0.5) is 0 Å². The molecule has 1 rings (SSSR count). The molecule has 0 spiro atoms. The van der Waals surface area contributed by atoms with E-state index in [4.69, 9.17) is 0 Å². The van der Waals surface area contributed by atoms with Crippen LogP contribution in [0.2, 0.25) is 0 Å². The van der Waals surface area contributed by atoms with Crippen molar-refractivity contribution in [3.63, 3.8) is 0 Å². The fourth-order valence-electron chi connectivity index (χ4n) is 1.23. The SMILES string of the molecule is [CH2]CCN1CCCC1.[LiH]. The number of nitrogens with zero attached hydrogens (tertiary/aromatic N) is 1. The van der Waals surface area contributed by atoms with Crippen molar-refractivity contribution in [3.05, 3.63) is 6.92 Å². The molecule has 0 amide bonds. The van der Waals surface area contributed by atoms with Crippen LogP contribution in [0.3, 0.4) is 0 Å². The summed E-state index contributed by atoms with van der Waals surface area (Å²) in [6, 6.07) is 0. The zero-order valence-electron chi connectivity index (χ0n) is 5.40. The molecule has 1 radical (unpaired) electrons. The Morgan fingerprint density at radius 3 is 2.22 bits per heavy atom. The molecule has 0 N–H and O–H groups in total. The van der Waals surface area contributed by atoms with Crippen LogP contribution in [0.1, 0.15) is 19.3 Å². The predicted octanol–water partition coefficient (Wildman–Crippen LogP) is 0.658. The summed E-state index contributed by atoms with van der Waals surface area (Å²) in [5.41, 5.74) is 0. The molecule has 49 valence electrons. The molecular weight excluding hydrogens is 105 g/mol. The third-order valence-corrected chi connectivity index (χ3v) is 1.67. The number of hydrogen-bond donors (Lipinski definition) is 0. The van der Waals surface area contributed by atoms with Gasteiger partial charge in [-0.15, -0.1) is 0 Å². The van der Waals surface area contributed by atoms with Gasteiger partial charge in [-0.3, -0.25) is 0 Å². The van der Waals surface area contributed by atoms with Crippen molar-refractivity contribution in [2.24, 2.45) is 0 Å². The Kier molecular flexibility index (Phi) is 5.68. The summed E-state index contributed by atoms with van der Waals surface area (Å²) in [7, 11) is 0. The van der Waals surface area contributed by atoms with Crippen LogP contribution in [0.25, 0.3) is 0 Å². The van der Waals surface area contributed by atoms with Gasteiger partial charge in [-0.05, 0) is 38.9 Å². The van der Waals surface area contributed by atoms with Gasteiger partial charge < -0.3 is 4.90 Å². The van der Waals surface area contributed by atoms with Crippen molar-refractivity contribution in [1.29, 1.82) is 0 Å². The van der Waals surface area contributed by atoms with E-state index in [0.717, 1.165) is 6.42 Å². The molecule has 0 atom stereocenters. The minimum absolute atomic E-state index is 0. The normalized spacial score (nSPS) is 19.7. The van der Waals surface area contributed by atoms with Crippen LogP contribution in [0.15, 0.2) is 0 Å². The van der Waals surface area contributed by atoms with E-state index >= 15 is 0 Å². The van der Waals surface area contributed by atoms with Crippen LogP contribution in [0, 0.1) is 6.92 Å². The molecule has 1 nitrogen and oxygen atoms in total. The quantitative estimate of drug-likeness (QED) is 0.484. The molecular formula is C7H15LiN. The van der Waals surface area contributed by atoms with Crippen molar-refractivity contribution in [1.82, 2.24) is 4.90 Å². The second-order valence-corrected chi connectivity index (χ2v) is 2.40. The molecule has 1 aliphatic heterocycles. The van der Waals surface area contributed by atoms with E-state index < -0.39 is 0 Å². The van der Waals surface area contributed by atoms with Gasteiger partial charge in [-0.2, -0.15) is 0 Å². The fourth-order valence-corrected chi connectivity index (χ4v) is 1.23. The number of likely N-dealkylation sites (tertiary alicyclic amines) is 1. The first-order valence-corrected chi connectivity index (χ1v) is 3.45. The van der Waals surface area contributed by atoms with E-state index in [1.807, 2.05) is 0 Å². The molecule has 0 unspecified atom stereocenters. The molecule has 2 heteroatoms. The van der Waals surface area contributed by atoms with E-state index in [-0.39, 0.29) is 18.9 Å². The summed E-state index contributed by atoms with van der Waals surface area (Å²) >= 11 is 0. The average Bonchev–Trinajstić information content (AvgIpc) is 2.19. The molecule has 0 aromatic heterocycles. The van der Waals surface area contributed by atoms with Crippen LogP contribution >= 0.6 is 0 Å². The molecule has 0 bridgehead atoms. The summed E-state index contributed by atoms with van der Waals surface area (Å²) in [6.07, 6.45) is 3.88. The van der Waals surface area contributed by atoms with Gasteiger partial charge >= 0.3 is 18.9 Å². The van der Waals surface area contributed by atoms with Gasteiger partial charge in [0.15, 0.2) is 0 Å².